The van der Waals surface area contributed by atoms with Gasteiger partial charge in [-0.2, -0.15) is 0 Å². The maximum absolute atomic E-state index is 11.6. The minimum absolute atomic E-state index is 0.245. The number of hydrogen-bond donors (Lipinski definition) is 0. The van der Waals surface area contributed by atoms with Crippen LogP contribution >= 0.6 is 0 Å². The Morgan fingerprint density at radius 3 is 2.83 bits per heavy atom. The van der Waals surface area contributed by atoms with Crippen molar-refractivity contribution in [3.05, 3.63) is 0 Å². The molecule has 1 heterocycles. The number of nitrogens with zero attached hydrogens (tertiary/aromatic N) is 1. The molecule has 1 amide bonds. The van der Waals surface area contributed by atoms with Crippen molar-refractivity contribution in [2.75, 3.05) is 7.05 Å². The van der Waals surface area contributed by atoms with Crippen LogP contribution in [0.2, 0.25) is 0 Å². The topological polar surface area (TPSA) is 20.3 Å². The molecular formula is C10H17NO. The van der Waals surface area contributed by atoms with Gasteiger partial charge in [0.15, 0.2) is 0 Å². The van der Waals surface area contributed by atoms with E-state index in [0.29, 0.717) is 11.9 Å². The number of fused-ring (bicyclic) bond motifs is 1. The van der Waals surface area contributed by atoms with E-state index in [1.165, 1.54) is 19.3 Å². The predicted molar refractivity (Wildman–Crippen MR) is 47.7 cm³/mol. The number of rotatable bonds is 0. The van der Waals surface area contributed by atoms with Crippen LogP contribution in [0.1, 0.15) is 33.1 Å². The summed E-state index contributed by atoms with van der Waals surface area (Å²) < 4.78 is 0. The van der Waals surface area contributed by atoms with Gasteiger partial charge in [0.25, 0.3) is 0 Å². The lowest BCUT2D eigenvalue weighted by Gasteiger charge is -2.27. The van der Waals surface area contributed by atoms with E-state index in [9.17, 15) is 4.79 Å². The lowest BCUT2D eigenvalue weighted by molar-refractivity contribution is -0.130. The first-order valence-electron chi connectivity index (χ1n) is 4.84. The predicted octanol–water partition coefficient (Wildman–Crippen LogP) is 1.65. The molecule has 0 aromatic carbocycles. The van der Waals surface area contributed by atoms with E-state index in [4.69, 9.17) is 0 Å². The monoisotopic (exact) mass is 167 g/mol. The summed E-state index contributed by atoms with van der Waals surface area (Å²) >= 11 is 0. The van der Waals surface area contributed by atoms with Gasteiger partial charge in [-0.15, -0.1) is 0 Å². The molecule has 2 fully saturated rings. The average Bonchev–Trinajstić information content (AvgIpc) is 2.49. The second kappa shape index (κ2) is 2.24. The molecule has 2 aliphatic rings. The summed E-state index contributed by atoms with van der Waals surface area (Å²) in [7, 11) is 1.96. The molecule has 2 heteroatoms. The van der Waals surface area contributed by atoms with Crippen LogP contribution in [0.3, 0.4) is 0 Å². The molecule has 12 heavy (non-hydrogen) atoms. The standard InChI is InChI=1S/C10H17NO/c1-7-9(12)11(3)8-5-4-6-10(7,8)2/h7-8H,4-6H2,1-3H3. The van der Waals surface area contributed by atoms with Gasteiger partial charge in [-0.1, -0.05) is 20.3 Å². The summed E-state index contributed by atoms with van der Waals surface area (Å²) in [6.45, 7) is 4.36. The molecule has 2 nitrogen and oxygen atoms in total. The number of amides is 1. The molecule has 0 bridgehead atoms. The van der Waals surface area contributed by atoms with E-state index in [0.717, 1.165) is 0 Å². The lowest BCUT2D eigenvalue weighted by atomic mass is 9.77. The highest BCUT2D eigenvalue weighted by Crippen LogP contribution is 2.51. The highest BCUT2D eigenvalue weighted by Gasteiger charge is 2.54. The second-order valence-corrected chi connectivity index (χ2v) is 4.58. The fourth-order valence-electron chi connectivity index (χ4n) is 3.05. The van der Waals surface area contributed by atoms with E-state index in [1.807, 2.05) is 11.9 Å². The second-order valence-electron chi connectivity index (χ2n) is 4.58. The van der Waals surface area contributed by atoms with Crippen molar-refractivity contribution in [3.63, 3.8) is 0 Å². The molecule has 0 spiro atoms. The SMILES string of the molecule is CC1C(=O)N(C)C2CCCC12C. The maximum atomic E-state index is 11.6. The highest BCUT2D eigenvalue weighted by molar-refractivity contribution is 5.82. The molecule has 0 N–H and O–H groups in total. The highest BCUT2D eigenvalue weighted by atomic mass is 16.2. The minimum Gasteiger partial charge on any atom is -0.342 e. The van der Waals surface area contributed by atoms with Gasteiger partial charge in [-0.25, -0.2) is 0 Å². The van der Waals surface area contributed by atoms with Gasteiger partial charge in [0.05, 0.1) is 0 Å². The molecule has 1 saturated carbocycles. The Kier molecular flexibility index (Phi) is 1.51. The molecule has 1 aliphatic heterocycles. The van der Waals surface area contributed by atoms with Crippen LogP contribution in [0.25, 0.3) is 0 Å². The third kappa shape index (κ3) is 0.732. The van der Waals surface area contributed by atoms with Crippen LogP contribution < -0.4 is 0 Å². The van der Waals surface area contributed by atoms with Gasteiger partial charge in [0.2, 0.25) is 5.91 Å². The molecule has 68 valence electrons. The van der Waals surface area contributed by atoms with Gasteiger partial charge in [-0.3, -0.25) is 4.79 Å². The van der Waals surface area contributed by atoms with Crippen LogP contribution in [0.15, 0.2) is 0 Å². The first-order chi connectivity index (χ1) is 5.57. The largest absolute Gasteiger partial charge is 0.342 e. The number of carbonyl (C=O) groups is 1. The summed E-state index contributed by atoms with van der Waals surface area (Å²) in [6, 6.07) is 0.528. The van der Waals surface area contributed by atoms with Crippen molar-refractivity contribution < 1.29 is 4.79 Å². The molecular weight excluding hydrogens is 150 g/mol. The zero-order valence-electron chi connectivity index (χ0n) is 8.13. The Bertz CT molecular complexity index is 226. The minimum atomic E-state index is 0.245. The van der Waals surface area contributed by atoms with Gasteiger partial charge < -0.3 is 4.90 Å². The molecule has 0 radical (unpaired) electrons. The fraction of sp³-hybridized carbons (Fsp3) is 0.900. The number of carbonyl (C=O) groups excluding carboxylic acids is 1. The Hall–Kier alpha value is -0.530. The molecule has 0 aromatic heterocycles. The van der Waals surface area contributed by atoms with Crippen LogP contribution in [0.5, 0.6) is 0 Å². The van der Waals surface area contributed by atoms with Crippen LogP contribution in [-0.4, -0.2) is 23.9 Å². The fourth-order valence-corrected chi connectivity index (χ4v) is 3.05. The third-order valence-corrected chi connectivity index (χ3v) is 4.13. The number of hydrogen-bond acceptors (Lipinski definition) is 1. The van der Waals surface area contributed by atoms with Crippen molar-refractivity contribution in [3.8, 4) is 0 Å². The third-order valence-electron chi connectivity index (χ3n) is 4.13. The van der Waals surface area contributed by atoms with E-state index in [-0.39, 0.29) is 11.3 Å². The van der Waals surface area contributed by atoms with Gasteiger partial charge in [-0.05, 0) is 18.3 Å². The van der Waals surface area contributed by atoms with E-state index in [1.54, 1.807) is 0 Å². The van der Waals surface area contributed by atoms with Crippen LogP contribution in [0, 0.1) is 11.3 Å². The smallest absolute Gasteiger partial charge is 0.226 e. The molecule has 0 aromatic rings. The van der Waals surface area contributed by atoms with Crippen LogP contribution in [0.4, 0.5) is 0 Å². The van der Waals surface area contributed by atoms with Gasteiger partial charge >= 0.3 is 0 Å². The van der Waals surface area contributed by atoms with Crippen LogP contribution in [-0.2, 0) is 4.79 Å². The molecule has 1 saturated heterocycles. The van der Waals surface area contributed by atoms with E-state index >= 15 is 0 Å². The molecule has 3 atom stereocenters. The molecule has 3 unspecified atom stereocenters. The summed E-state index contributed by atoms with van der Waals surface area (Å²) in [4.78, 5) is 13.6. The average molecular weight is 167 g/mol. The normalized spacial score (nSPS) is 46.9. The lowest BCUT2D eigenvalue weighted by Crippen LogP contribution is -2.32. The van der Waals surface area contributed by atoms with Crippen molar-refractivity contribution >= 4 is 5.91 Å². The van der Waals surface area contributed by atoms with Crippen molar-refractivity contribution in [2.24, 2.45) is 11.3 Å². The van der Waals surface area contributed by atoms with E-state index < -0.39 is 0 Å². The Labute approximate surface area is 73.9 Å². The zero-order chi connectivity index (χ0) is 8.93. The zero-order valence-corrected chi connectivity index (χ0v) is 8.13. The van der Waals surface area contributed by atoms with Gasteiger partial charge in [0.1, 0.15) is 0 Å². The van der Waals surface area contributed by atoms with Crippen molar-refractivity contribution in [1.29, 1.82) is 0 Å². The Morgan fingerprint density at radius 2 is 2.25 bits per heavy atom. The summed E-state index contributed by atoms with van der Waals surface area (Å²) in [5.74, 6) is 0.595. The Morgan fingerprint density at radius 1 is 1.58 bits per heavy atom. The summed E-state index contributed by atoms with van der Waals surface area (Å²) in [6.07, 6.45) is 3.74. The summed E-state index contributed by atoms with van der Waals surface area (Å²) in [5.41, 5.74) is 0.284. The van der Waals surface area contributed by atoms with Crippen molar-refractivity contribution in [1.82, 2.24) is 4.90 Å². The Balaban J connectivity index is 2.36. The first-order valence-corrected chi connectivity index (χ1v) is 4.84. The van der Waals surface area contributed by atoms with Gasteiger partial charge in [0, 0.05) is 19.0 Å². The summed E-state index contributed by atoms with van der Waals surface area (Å²) in [5, 5.41) is 0. The molecule has 2 rings (SSSR count). The van der Waals surface area contributed by atoms with E-state index in [2.05, 4.69) is 13.8 Å². The van der Waals surface area contributed by atoms with Crippen molar-refractivity contribution in [2.45, 2.75) is 39.2 Å². The number of likely N-dealkylation sites (tertiary alicyclic amines) is 1. The molecule has 1 aliphatic carbocycles. The quantitative estimate of drug-likeness (QED) is 0.537. The first kappa shape index (κ1) is 8.09. The maximum Gasteiger partial charge on any atom is 0.226 e.